The molecule has 0 bridgehead atoms. The number of ether oxygens (including phenoxy) is 1. The van der Waals surface area contributed by atoms with Gasteiger partial charge in [-0.1, -0.05) is 25.5 Å². The van der Waals surface area contributed by atoms with E-state index in [4.69, 9.17) is 9.84 Å². The molecule has 0 radical (unpaired) electrons. The van der Waals surface area contributed by atoms with E-state index in [9.17, 15) is 18.0 Å². The Morgan fingerprint density at radius 3 is 2.22 bits per heavy atom. The standard InChI is InChI=1S/C25H30F3NO3/c1-18(19-5-7-20(8-6-19)24(30)31)21(13-16-29-14-3-2-4-15-29)17-32-23-11-9-22(10-12-23)25(26,27)28/h5-12,18,21H,2-4,13-17H2,1H3,(H,30,31). The van der Waals surface area contributed by atoms with Crippen molar-refractivity contribution in [3.05, 3.63) is 65.2 Å². The Labute approximate surface area is 187 Å². The molecule has 1 fully saturated rings. The summed E-state index contributed by atoms with van der Waals surface area (Å²) in [6.45, 7) is 5.59. The quantitative estimate of drug-likeness (QED) is 0.504. The Bertz CT molecular complexity index is 859. The molecule has 2 aromatic carbocycles. The topological polar surface area (TPSA) is 49.8 Å². The minimum atomic E-state index is -4.37. The van der Waals surface area contributed by atoms with E-state index in [2.05, 4.69) is 11.8 Å². The highest BCUT2D eigenvalue weighted by molar-refractivity contribution is 5.87. The van der Waals surface area contributed by atoms with Crippen LogP contribution in [0.1, 0.15) is 60.0 Å². The summed E-state index contributed by atoms with van der Waals surface area (Å²) >= 11 is 0. The number of hydrogen-bond donors (Lipinski definition) is 1. The maximum absolute atomic E-state index is 12.8. The zero-order valence-corrected chi connectivity index (χ0v) is 18.3. The van der Waals surface area contributed by atoms with Gasteiger partial charge in [0.1, 0.15) is 5.75 Å². The number of carboxylic acids is 1. The number of carboxylic acid groups (broad SMARTS) is 1. The van der Waals surface area contributed by atoms with Crippen LogP contribution in [0.25, 0.3) is 0 Å². The van der Waals surface area contributed by atoms with Crippen molar-refractivity contribution in [3.63, 3.8) is 0 Å². The largest absolute Gasteiger partial charge is 0.493 e. The van der Waals surface area contributed by atoms with E-state index < -0.39 is 17.7 Å². The molecule has 0 spiro atoms. The van der Waals surface area contributed by atoms with Crippen molar-refractivity contribution in [2.24, 2.45) is 5.92 Å². The van der Waals surface area contributed by atoms with Crippen molar-refractivity contribution in [2.45, 2.75) is 44.7 Å². The Morgan fingerprint density at radius 1 is 1.03 bits per heavy atom. The summed E-state index contributed by atoms with van der Waals surface area (Å²) in [5, 5.41) is 9.14. The van der Waals surface area contributed by atoms with Crippen molar-refractivity contribution in [3.8, 4) is 5.75 Å². The first kappa shape index (κ1) is 24.1. The number of aromatic carboxylic acids is 1. The molecule has 0 aliphatic carbocycles. The number of likely N-dealkylation sites (tertiary alicyclic amines) is 1. The Morgan fingerprint density at radius 2 is 1.66 bits per heavy atom. The number of benzene rings is 2. The molecule has 1 heterocycles. The number of piperidine rings is 1. The fourth-order valence-electron chi connectivity index (χ4n) is 4.15. The van der Waals surface area contributed by atoms with E-state index in [-0.39, 0.29) is 17.4 Å². The molecule has 1 aliphatic heterocycles. The first-order valence-corrected chi connectivity index (χ1v) is 11.1. The van der Waals surface area contributed by atoms with Crippen LogP contribution >= 0.6 is 0 Å². The summed E-state index contributed by atoms with van der Waals surface area (Å²) in [6, 6.07) is 11.7. The molecule has 2 unspecified atom stereocenters. The van der Waals surface area contributed by atoms with Crippen molar-refractivity contribution < 1.29 is 27.8 Å². The predicted octanol–water partition coefficient (Wildman–Crippen LogP) is 6.08. The molecule has 1 saturated heterocycles. The van der Waals surface area contributed by atoms with Crippen LogP contribution < -0.4 is 4.74 Å². The molecular formula is C25H30F3NO3. The summed E-state index contributed by atoms with van der Waals surface area (Å²) in [5.74, 6) is -0.308. The summed E-state index contributed by atoms with van der Waals surface area (Å²) in [5.41, 5.74) is 0.569. The molecule has 0 amide bonds. The summed E-state index contributed by atoms with van der Waals surface area (Å²) in [7, 11) is 0. The van der Waals surface area contributed by atoms with E-state index in [1.807, 2.05) is 12.1 Å². The van der Waals surface area contributed by atoms with Crippen molar-refractivity contribution >= 4 is 5.97 Å². The van der Waals surface area contributed by atoms with Gasteiger partial charge in [0.05, 0.1) is 17.7 Å². The predicted molar refractivity (Wildman–Crippen MR) is 117 cm³/mol. The van der Waals surface area contributed by atoms with Crippen LogP contribution in [-0.2, 0) is 6.18 Å². The maximum Gasteiger partial charge on any atom is 0.416 e. The highest BCUT2D eigenvalue weighted by atomic mass is 19.4. The highest BCUT2D eigenvalue weighted by Crippen LogP contribution is 2.32. The van der Waals surface area contributed by atoms with Gasteiger partial charge in [-0.05, 0) is 86.8 Å². The summed E-state index contributed by atoms with van der Waals surface area (Å²) < 4.78 is 44.3. The number of alkyl halides is 3. The summed E-state index contributed by atoms with van der Waals surface area (Å²) in [4.78, 5) is 13.6. The molecule has 1 N–H and O–H groups in total. The fraction of sp³-hybridized carbons (Fsp3) is 0.480. The van der Waals surface area contributed by atoms with Crippen LogP contribution in [0.4, 0.5) is 13.2 Å². The number of nitrogens with zero attached hydrogens (tertiary/aromatic N) is 1. The minimum absolute atomic E-state index is 0.108. The van der Waals surface area contributed by atoms with E-state index in [1.54, 1.807) is 12.1 Å². The lowest BCUT2D eigenvalue weighted by Crippen LogP contribution is -2.33. The molecule has 4 nitrogen and oxygen atoms in total. The lowest BCUT2D eigenvalue weighted by molar-refractivity contribution is -0.137. The lowest BCUT2D eigenvalue weighted by atomic mass is 9.85. The molecule has 174 valence electrons. The van der Waals surface area contributed by atoms with Crippen LogP contribution in [0, 0.1) is 5.92 Å². The van der Waals surface area contributed by atoms with Gasteiger partial charge in [0, 0.05) is 5.92 Å². The normalized spacial score (nSPS) is 17.0. The second-order valence-corrected chi connectivity index (χ2v) is 8.50. The maximum atomic E-state index is 12.8. The number of rotatable bonds is 9. The monoisotopic (exact) mass is 449 g/mol. The second kappa shape index (κ2) is 10.9. The highest BCUT2D eigenvalue weighted by Gasteiger charge is 2.30. The smallest absolute Gasteiger partial charge is 0.416 e. The van der Waals surface area contributed by atoms with Gasteiger partial charge in [-0.15, -0.1) is 0 Å². The summed E-state index contributed by atoms with van der Waals surface area (Å²) in [6.07, 6.45) is 0.204. The molecule has 2 aromatic rings. The van der Waals surface area contributed by atoms with E-state index in [1.165, 1.54) is 31.4 Å². The molecule has 0 aromatic heterocycles. The van der Waals surface area contributed by atoms with Gasteiger partial charge >= 0.3 is 12.1 Å². The third-order valence-electron chi connectivity index (χ3n) is 6.30. The Kier molecular flexibility index (Phi) is 8.18. The lowest BCUT2D eigenvalue weighted by Gasteiger charge is -2.30. The van der Waals surface area contributed by atoms with E-state index in [0.717, 1.165) is 43.8 Å². The Hall–Kier alpha value is -2.54. The second-order valence-electron chi connectivity index (χ2n) is 8.50. The van der Waals surface area contributed by atoms with Gasteiger partial charge < -0.3 is 14.7 Å². The van der Waals surface area contributed by atoms with Crippen LogP contribution in [0.3, 0.4) is 0 Å². The zero-order valence-electron chi connectivity index (χ0n) is 18.3. The van der Waals surface area contributed by atoms with E-state index in [0.29, 0.717) is 12.4 Å². The number of hydrogen-bond acceptors (Lipinski definition) is 3. The van der Waals surface area contributed by atoms with Gasteiger partial charge in [-0.2, -0.15) is 13.2 Å². The number of carbonyl (C=O) groups is 1. The van der Waals surface area contributed by atoms with Crippen molar-refractivity contribution in [1.82, 2.24) is 4.90 Å². The molecule has 1 aliphatic rings. The van der Waals surface area contributed by atoms with Crippen molar-refractivity contribution in [1.29, 1.82) is 0 Å². The van der Waals surface area contributed by atoms with Gasteiger partial charge in [0.15, 0.2) is 0 Å². The average molecular weight is 450 g/mol. The van der Waals surface area contributed by atoms with Crippen molar-refractivity contribution in [2.75, 3.05) is 26.2 Å². The molecular weight excluding hydrogens is 419 g/mol. The third-order valence-corrected chi connectivity index (χ3v) is 6.30. The SMILES string of the molecule is CC(c1ccc(C(=O)O)cc1)C(CCN1CCCCC1)COc1ccc(C(F)(F)F)cc1. The van der Waals surface area contributed by atoms with Crippen LogP contribution in [0.5, 0.6) is 5.75 Å². The molecule has 32 heavy (non-hydrogen) atoms. The average Bonchev–Trinajstić information content (AvgIpc) is 2.79. The zero-order chi connectivity index (χ0) is 23.1. The van der Waals surface area contributed by atoms with Gasteiger partial charge in [-0.25, -0.2) is 4.79 Å². The molecule has 7 heteroatoms. The van der Waals surface area contributed by atoms with Crippen LogP contribution in [-0.4, -0.2) is 42.2 Å². The first-order chi connectivity index (χ1) is 15.2. The molecule has 0 saturated carbocycles. The number of halogens is 3. The van der Waals surface area contributed by atoms with Gasteiger partial charge in [0.25, 0.3) is 0 Å². The third kappa shape index (κ3) is 6.73. The Balaban J connectivity index is 1.68. The fourth-order valence-corrected chi connectivity index (χ4v) is 4.15. The molecule has 3 rings (SSSR count). The first-order valence-electron chi connectivity index (χ1n) is 11.1. The van der Waals surface area contributed by atoms with Gasteiger partial charge in [-0.3, -0.25) is 0 Å². The van der Waals surface area contributed by atoms with Gasteiger partial charge in [0.2, 0.25) is 0 Å². The minimum Gasteiger partial charge on any atom is -0.493 e. The van der Waals surface area contributed by atoms with E-state index >= 15 is 0 Å². The van der Waals surface area contributed by atoms with Crippen LogP contribution in [0.15, 0.2) is 48.5 Å². The molecule has 2 atom stereocenters. The van der Waals surface area contributed by atoms with Crippen LogP contribution in [0.2, 0.25) is 0 Å².